The number of carbonyl (C=O) groups is 2. The van der Waals surface area contributed by atoms with Crippen LogP contribution in [0.2, 0.25) is 0 Å². The van der Waals surface area contributed by atoms with E-state index in [0.717, 1.165) is 38.2 Å². The lowest BCUT2D eigenvalue weighted by molar-refractivity contribution is -0.122. The molecular weight excluding hydrogens is 324 g/mol. The van der Waals surface area contributed by atoms with Crippen molar-refractivity contribution in [3.05, 3.63) is 48.0 Å². The Kier molecular flexibility index (Phi) is 6.97. The number of carbonyl (C=O) groups excluding carboxylic acids is 1. The molecule has 0 bridgehead atoms. The van der Waals surface area contributed by atoms with Crippen LogP contribution in [-0.4, -0.2) is 58.4 Å². The molecule has 1 amide bonds. The van der Waals surface area contributed by atoms with Gasteiger partial charge in [-0.1, -0.05) is 6.07 Å². The summed E-state index contributed by atoms with van der Waals surface area (Å²) in [4.78, 5) is 29.0. The molecule has 2 aromatic rings. The minimum absolute atomic E-state index is 0.0384. The fourth-order valence-corrected chi connectivity index (χ4v) is 2.73. The summed E-state index contributed by atoms with van der Waals surface area (Å²) in [6.07, 6.45) is 5.68. The molecule has 0 aromatic carbocycles. The summed E-state index contributed by atoms with van der Waals surface area (Å²) in [5, 5.41) is 6.89. The zero-order valence-electron chi connectivity index (χ0n) is 13.9. The smallest absolute Gasteiger partial charge is 0.290 e. The van der Waals surface area contributed by atoms with Crippen LogP contribution in [0.5, 0.6) is 0 Å². The first-order valence-corrected chi connectivity index (χ1v) is 7.96. The number of carboxylic acid groups (broad SMARTS) is 1. The van der Waals surface area contributed by atoms with E-state index in [4.69, 9.17) is 20.1 Å². The van der Waals surface area contributed by atoms with Gasteiger partial charge in [-0.15, -0.1) is 0 Å². The summed E-state index contributed by atoms with van der Waals surface area (Å²) >= 11 is 0. The number of hydrogen-bond donors (Lipinski definition) is 2. The first-order chi connectivity index (χ1) is 12.2. The van der Waals surface area contributed by atoms with Crippen molar-refractivity contribution in [1.29, 1.82) is 0 Å². The van der Waals surface area contributed by atoms with E-state index in [1.165, 1.54) is 12.5 Å². The average molecular weight is 346 g/mol. The van der Waals surface area contributed by atoms with E-state index in [2.05, 4.69) is 9.88 Å². The molecular formula is C17H22N4O4. The fraction of sp³-hybridized carbons (Fsp3) is 0.353. The van der Waals surface area contributed by atoms with Gasteiger partial charge in [-0.3, -0.25) is 14.5 Å². The molecule has 0 aliphatic carbocycles. The van der Waals surface area contributed by atoms with E-state index >= 15 is 0 Å². The van der Waals surface area contributed by atoms with Gasteiger partial charge in [0.05, 0.1) is 11.8 Å². The predicted molar refractivity (Wildman–Crippen MR) is 91.8 cm³/mol. The van der Waals surface area contributed by atoms with Gasteiger partial charge in [-0.2, -0.15) is 0 Å². The van der Waals surface area contributed by atoms with Crippen molar-refractivity contribution in [2.45, 2.75) is 13.0 Å². The topological polar surface area (TPSA) is 113 Å². The van der Waals surface area contributed by atoms with Crippen LogP contribution in [0, 0.1) is 0 Å². The average Bonchev–Trinajstić information content (AvgIpc) is 3.04. The molecule has 0 saturated carbocycles. The fourth-order valence-electron chi connectivity index (χ4n) is 2.73. The molecule has 2 aromatic heterocycles. The number of amides is 1. The van der Waals surface area contributed by atoms with Crippen molar-refractivity contribution < 1.29 is 19.1 Å². The molecule has 0 unspecified atom stereocenters. The van der Waals surface area contributed by atoms with Gasteiger partial charge in [0.25, 0.3) is 12.4 Å². The summed E-state index contributed by atoms with van der Waals surface area (Å²) in [6.45, 7) is 3.78. The summed E-state index contributed by atoms with van der Waals surface area (Å²) < 4.78 is 4.99. The Morgan fingerprint density at radius 1 is 1.32 bits per heavy atom. The number of rotatable bonds is 3. The number of hydrogen-bond acceptors (Lipinski definition) is 6. The van der Waals surface area contributed by atoms with Crippen molar-refractivity contribution >= 4 is 18.2 Å². The molecule has 3 rings (SSSR count). The van der Waals surface area contributed by atoms with Crippen LogP contribution in [0.15, 0.2) is 41.3 Å². The highest BCUT2D eigenvalue weighted by atomic mass is 16.3. The Hall–Kier alpha value is -2.87. The van der Waals surface area contributed by atoms with Gasteiger partial charge in [0.2, 0.25) is 0 Å². The van der Waals surface area contributed by atoms with E-state index in [0.29, 0.717) is 17.9 Å². The summed E-state index contributed by atoms with van der Waals surface area (Å²) in [6, 6.07) is 5.61. The molecule has 25 heavy (non-hydrogen) atoms. The summed E-state index contributed by atoms with van der Waals surface area (Å²) in [5.74, 6) is 0.620. The molecule has 1 saturated heterocycles. The summed E-state index contributed by atoms with van der Waals surface area (Å²) in [5.41, 5.74) is 7.56. The van der Waals surface area contributed by atoms with Gasteiger partial charge >= 0.3 is 0 Å². The van der Waals surface area contributed by atoms with Crippen LogP contribution in [0.25, 0.3) is 0 Å². The Morgan fingerprint density at radius 2 is 2.12 bits per heavy atom. The van der Waals surface area contributed by atoms with Gasteiger partial charge in [0, 0.05) is 44.5 Å². The molecule has 1 fully saturated rings. The maximum Gasteiger partial charge on any atom is 0.290 e. The lowest BCUT2D eigenvalue weighted by Crippen LogP contribution is -2.35. The van der Waals surface area contributed by atoms with Crippen molar-refractivity contribution in [3.8, 4) is 0 Å². The third-order valence-corrected chi connectivity index (χ3v) is 3.96. The SMILES string of the molecule is Nc1ncccc1CN1CCCN(C(=O)c2ccoc2)CC1.O=CO. The molecule has 0 atom stereocenters. The summed E-state index contributed by atoms with van der Waals surface area (Å²) in [7, 11) is 0. The molecule has 8 nitrogen and oxygen atoms in total. The van der Waals surface area contributed by atoms with Crippen LogP contribution in [0.1, 0.15) is 22.3 Å². The van der Waals surface area contributed by atoms with Crippen LogP contribution in [-0.2, 0) is 11.3 Å². The molecule has 0 spiro atoms. The van der Waals surface area contributed by atoms with Crippen LogP contribution < -0.4 is 5.73 Å². The first kappa shape index (κ1) is 18.5. The van der Waals surface area contributed by atoms with Gasteiger partial charge in [-0.05, 0) is 18.6 Å². The number of nitrogen functional groups attached to an aromatic ring is 1. The van der Waals surface area contributed by atoms with Gasteiger partial charge < -0.3 is 20.2 Å². The number of aromatic nitrogens is 1. The predicted octanol–water partition coefficient (Wildman–Crippen LogP) is 1.31. The maximum atomic E-state index is 12.4. The molecule has 0 radical (unpaired) electrons. The molecule has 3 heterocycles. The first-order valence-electron chi connectivity index (χ1n) is 7.96. The Morgan fingerprint density at radius 3 is 2.80 bits per heavy atom. The van der Waals surface area contributed by atoms with Gasteiger partial charge in [0.15, 0.2) is 0 Å². The largest absolute Gasteiger partial charge is 0.483 e. The number of nitrogens with zero attached hydrogens (tertiary/aromatic N) is 3. The van der Waals surface area contributed by atoms with E-state index in [9.17, 15) is 4.79 Å². The van der Waals surface area contributed by atoms with Gasteiger partial charge in [-0.25, -0.2) is 4.98 Å². The van der Waals surface area contributed by atoms with Crippen LogP contribution >= 0.6 is 0 Å². The Balaban J connectivity index is 0.000000701. The zero-order chi connectivity index (χ0) is 18.1. The monoisotopic (exact) mass is 346 g/mol. The third kappa shape index (κ3) is 5.32. The lowest BCUT2D eigenvalue weighted by atomic mass is 10.2. The standard InChI is InChI=1S/C16H20N4O2.CH2O2/c17-15-13(3-1-5-18-15)11-19-6-2-7-20(9-8-19)16(21)14-4-10-22-12-14;2-1-3/h1,3-5,10,12H,2,6-9,11H2,(H2,17,18);1H,(H,2,3). The molecule has 1 aliphatic heterocycles. The second-order valence-corrected chi connectivity index (χ2v) is 5.59. The highest BCUT2D eigenvalue weighted by Gasteiger charge is 2.21. The molecule has 8 heteroatoms. The number of nitrogens with two attached hydrogens (primary N) is 1. The van der Waals surface area contributed by atoms with E-state index in [1.807, 2.05) is 17.0 Å². The van der Waals surface area contributed by atoms with Crippen molar-refractivity contribution in [2.24, 2.45) is 0 Å². The molecule has 134 valence electrons. The zero-order valence-corrected chi connectivity index (χ0v) is 13.9. The van der Waals surface area contributed by atoms with Crippen molar-refractivity contribution in [1.82, 2.24) is 14.8 Å². The van der Waals surface area contributed by atoms with Crippen LogP contribution in [0.4, 0.5) is 5.82 Å². The Bertz CT molecular complexity index is 675. The van der Waals surface area contributed by atoms with E-state index in [1.54, 1.807) is 12.3 Å². The normalized spacial score (nSPS) is 15.0. The second-order valence-electron chi connectivity index (χ2n) is 5.59. The number of furan rings is 1. The van der Waals surface area contributed by atoms with E-state index < -0.39 is 0 Å². The quantitative estimate of drug-likeness (QED) is 0.806. The highest BCUT2D eigenvalue weighted by Crippen LogP contribution is 2.14. The lowest BCUT2D eigenvalue weighted by Gasteiger charge is -2.22. The molecule has 3 N–H and O–H groups in total. The minimum atomic E-state index is -0.250. The second kappa shape index (κ2) is 9.43. The Labute approximate surface area is 145 Å². The minimum Gasteiger partial charge on any atom is -0.483 e. The maximum absolute atomic E-state index is 12.4. The third-order valence-electron chi connectivity index (χ3n) is 3.96. The van der Waals surface area contributed by atoms with Crippen molar-refractivity contribution in [2.75, 3.05) is 31.9 Å². The number of anilines is 1. The van der Waals surface area contributed by atoms with Crippen LogP contribution in [0.3, 0.4) is 0 Å². The van der Waals surface area contributed by atoms with Crippen molar-refractivity contribution in [3.63, 3.8) is 0 Å². The highest BCUT2D eigenvalue weighted by molar-refractivity contribution is 5.93. The number of pyridine rings is 1. The van der Waals surface area contributed by atoms with Gasteiger partial charge in [0.1, 0.15) is 12.1 Å². The molecule has 1 aliphatic rings. The van der Waals surface area contributed by atoms with E-state index in [-0.39, 0.29) is 12.4 Å².